The van der Waals surface area contributed by atoms with Gasteiger partial charge in [-0.05, 0) is 48.2 Å². The van der Waals surface area contributed by atoms with Crippen molar-refractivity contribution < 1.29 is 24.1 Å². The summed E-state index contributed by atoms with van der Waals surface area (Å²) in [7, 11) is 0. The van der Waals surface area contributed by atoms with E-state index in [0.29, 0.717) is 33.0 Å². The summed E-state index contributed by atoms with van der Waals surface area (Å²) in [5.41, 5.74) is 2.33. The SMILES string of the molecule is CC(C)(c1ccc(OCCCCCCCl)cc1)c1ccc(OCCOCCOCCO)cc1. The highest BCUT2D eigenvalue weighted by molar-refractivity contribution is 6.17. The number of hydrogen-bond donors (Lipinski definition) is 1. The number of rotatable bonds is 18. The molecule has 0 radical (unpaired) electrons. The van der Waals surface area contributed by atoms with Crippen molar-refractivity contribution in [2.24, 2.45) is 0 Å². The molecule has 0 aliphatic heterocycles. The zero-order valence-corrected chi connectivity index (χ0v) is 20.8. The first kappa shape index (κ1) is 27.5. The van der Waals surface area contributed by atoms with Gasteiger partial charge >= 0.3 is 0 Å². The third-order valence-corrected chi connectivity index (χ3v) is 5.82. The fourth-order valence-electron chi connectivity index (χ4n) is 3.45. The minimum atomic E-state index is -0.129. The summed E-state index contributed by atoms with van der Waals surface area (Å²) in [6.45, 7) is 7.53. The van der Waals surface area contributed by atoms with E-state index >= 15 is 0 Å². The van der Waals surface area contributed by atoms with Crippen LogP contribution in [0.5, 0.6) is 11.5 Å². The van der Waals surface area contributed by atoms with Crippen molar-refractivity contribution in [3.63, 3.8) is 0 Å². The molecule has 33 heavy (non-hydrogen) atoms. The molecule has 0 spiro atoms. The Bertz CT molecular complexity index is 746. The number of halogens is 1. The Morgan fingerprint density at radius 2 is 1.12 bits per heavy atom. The highest BCUT2D eigenvalue weighted by Crippen LogP contribution is 2.33. The van der Waals surface area contributed by atoms with Gasteiger partial charge in [0.25, 0.3) is 0 Å². The van der Waals surface area contributed by atoms with E-state index < -0.39 is 0 Å². The zero-order chi connectivity index (χ0) is 23.8. The lowest BCUT2D eigenvalue weighted by Crippen LogP contribution is -2.18. The Kier molecular flexibility index (Phi) is 13.3. The van der Waals surface area contributed by atoms with Crippen LogP contribution >= 0.6 is 11.6 Å². The predicted octanol–water partition coefficient (Wildman–Crippen LogP) is 5.59. The molecular formula is C27H39ClO5. The maximum absolute atomic E-state index is 8.64. The lowest BCUT2D eigenvalue weighted by atomic mass is 9.78. The zero-order valence-electron chi connectivity index (χ0n) is 20.1. The molecular weight excluding hydrogens is 440 g/mol. The fourth-order valence-corrected chi connectivity index (χ4v) is 3.64. The molecule has 0 unspecified atom stereocenters. The van der Waals surface area contributed by atoms with E-state index in [1.807, 2.05) is 12.1 Å². The van der Waals surface area contributed by atoms with Crippen LogP contribution in [0.4, 0.5) is 0 Å². The molecule has 184 valence electrons. The molecule has 0 amide bonds. The van der Waals surface area contributed by atoms with Gasteiger partial charge < -0.3 is 24.1 Å². The third kappa shape index (κ3) is 10.3. The fraction of sp³-hybridized carbons (Fsp3) is 0.556. The Labute approximate surface area is 204 Å². The van der Waals surface area contributed by atoms with E-state index in [-0.39, 0.29) is 12.0 Å². The largest absolute Gasteiger partial charge is 0.494 e. The van der Waals surface area contributed by atoms with Gasteiger partial charge in [-0.25, -0.2) is 0 Å². The van der Waals surface area contributed by atoms with Crippen molar-refractivity contribution in [2.75, 3.05) is 52.1 Å². The molecule has 2 rings (SSSR count). The van der Waals surface area contributed by atoms with E-state index in [0.717, 1.165) is 43.2 Å². The Hall–Kier alpha value is -1.79. The molecule has 0 bridgehead atoms. The van der Waals surface area contributed by atoms with Crippen LogP contribution in [-0.2, 0) is 14.9 Å². The summed E-state index contributed by atoms with van der Waals surface area (Å²) in [5, 5.41) is 8.64. The molecule has 0 aliphatic carbocycles. The van der Waals surface area contributed by atoms with E-state index in [4.69, 9.17) is 35.7 Å². The number of aliphatic hydroxyl groups is 1. The summed E-state index contributed by atoms with van der Waals surface area (Å²) >= 11 is 5.71. The van der Waals surface area contributed by atoms with Crippen LogP contribution in [0.2, 0.25) is 0 Å². The quantitative estimate of drug-likeness (QED) is 0.223. The van der Waals surface area contributed by atoms with Crippen LogP contribution in [0, 0.1) is 0 Å². The van der Waals surface area contributed by atoms with E-state index in [2.05, 4.69) is 50.2 Å². The number of ether oxygens (including phenoxy) is 4. The highest BCUT2D eigenvalue weighted by atomic mass is 35.5. The lowest BCUT2D eigenvalue weighted by Gasteiger charge is -2.26. The van der Waals surface area contributed by atoms with Crippen molar-refractivity contribution in [1.29, 1.82) is 0 Å². The van der Waals surface area contributed by atoms with Crippen molar-refractivity contribution >= 4 is 11.6 Å². The molecule has 0 saturated carbocycles. The van der Waals surface area contributed by atoms with Gasteiger partial charge in [0.2, 0.25) is 0 Å². The first-order valence-electron chi connectivity index (χ1n) is 11.9. The van der Waals surface area contributed by atoms with Gasteiger partial charge in [-0.3, -0.25) is 0 Å². The number of alkyl halides is 1. The van der Waals surface area contributed by atoms with Gasteiger partial charge in [-0.2, -0.15) is 0 Å². The maximum Gasteiger partial charge on any atom is 0.119 e. The molecule has 0 atom stereocenters. The maximum atomic E-state index is 8.64. The first-order chi connectivity index (χ1) is 16.1. The summed E-state index contributed by atoms with van der Waals surface area (Å²) < 4.78 is 22.2. The molecule has 0 heterocycles. The number of benzene rings is 2. The third-order valence-electron chi connectivity index (χ3n) is 5.55. The van der Waals surface area contributed by atoms with Crippen LogP contribution in [0.25, 0.3) is 0 Å². The van der Waals surface area contributed by atoms with Crippen molar-refractivity contribution in [3.05, 3.63) is 59.7 Å². The van der Waals surface area contributed by atoms with Crippen molar-refractivity contribution in [1.82, 2.24) is 0 Å². The molecule has 2 aromatic rings. The van der Waals surface area contributed by atoms with Crippen LogP contribution in [0.15, 0.2) is 48.5 Å². The predicted molar refractivity (Wildman–Crippen MR) is 134 cm³/mol. The molecule has 0 saturated heterocycles. The van der Waals surface area contributed by atoms with E-state index in [1.165, 1.54) is 17.5 Å². The standard InChI is InChI=1S/C27H39ClO5/c1-27(2,23-7-11-25(12-8-23)32-17-6-4-3-5-15-28)24-9-13-26(14-10-24)33-22-21-31-20-19-30-18-16-29/h7-14,29H,3-6,15-22H2,1-2H3. The average Bonchev–Trinajstić information content (AvgIpc) is 2.83. The Morgan fingerprint density at radius 3 is 1.67 bits per heavy atom. The molecule has 0 aliphatic rings. The molecule has 0 fully saturated rings. The second-order valence-electron chi connectivity index (χ2n) is 8.42. The first-order valence-corrected chi connectivity index (χ1v) is 12.4. The van der Waals surface area contributed by atoms with Gasteiger partial charge in [0.1, 0.15) is 18.1 Å². The summed E-state index contributed by atoms with van der Waals surface area (Å²) in [6, 6.07) is 16.6. The highest BCUT2D eigenvalue weighted by Gasteiger charge is 2.23. The van der Waals surface area contributed by atoms with Gasteiger partial charge in [0.05, 0.1) is 39.6 Å². The van der Waals surface area contributed by atoms with Crippen molar-refractivity contribution in [2.45, 2.75) is 44.9 Å². The number of aliphatic hydroxyl groups excluding tert-OH is 1. The summed E-state index contributed by atoms with van der Waals surface area (Å²) in [5.74, 6) is 2.48. The van der Waals surface area contributed by atoms with Crippen LogP contribution in [-0.4, -0.2) is 57.2 Å². The second-order valence-corrected chi connectivity index (χ2v) is 8.80. The smallest absolute Gasteiger partial charge is 0.119 e. The summed E-state index contributed by atoms with van der Waals surface area (Å²) in [6.07, 6.45) is 4.46. The molecule has 0 aromatic heterocycles. The lowest BCUT2D eigenvalue weighted by molar-refractivity contribution is 0.0247. The Balaban J connectivity index is 1.76. The van der Waals surface area contributed by atoms with E-state index in [9.17, 15) is 0 Å². The molecule has 2 aromatic carbocycles. The van der Waals surface area contributed by atoms with E-state index in [1.54, 1.807) is 0 Å². The summed E-state index contributed by atoms with van der Waals surface area (Å²) in [4.78, 5) is 0. The van der Waals surface area contributed by atoms with Gasteiger partial charge in [0, 0.05) is 11.3 Å². The number of hydrogen-bond acceptors (Lipinski definition) is 5. The minimum Gasteiger partial charge on any atom is -0.494 e. The Morgan fingerprint density at radius 1 is 0.636 bits per heavy atom. The average molecular weight is 479 g/mol. The topological polar surface area (TPSA) is 57.2 Å². The molecule has 5 nitrogen and oxygen atoms in total. The second kappa shape index (κ2) is 15.9. The van der Waals surface area contributed by atoms with Gasteiger partial charge in [-0.1, -0.05) is 51.0 Å². The number of unbranched alkanes of at least 4 members (excludes halogenated alkanes) is 3. The van der Waals surface area contributed by atoms with Crippen LogP contribution in [0.1, 0.15) is 50.7 Å². The monoisotopic (exact) mass is 478 g/mol. The normalized spacial score (nSPS) is 11.5. The van der Waals surface area contributed by atoms with Crippen LogP contribution in [0.3, 0.4) is 0 Å². The molecule has 6 heteroatoms. The molecule has 1 N–H and O–H groups in total. The van der Waals surface area contributed by atoms with Crippen molar-refractivity contribution in [3.8, 4) is 11.5 Å². The van der Waals surface area contributed by atoms with Gasteiger partial charge in [0.15, 0.2) is 0 Å². The van der Waals surface area contributed by atoms with Crippen LogP contribution < -0.4 is 9.47 Å². The minimum absolute atomic E-state index is 0.0335. The van der Waals surface area contributed by atoms with Gasteiger partial charge in [-0.15, -0.1) is 11.6 Å².